The standard InChI is InChI=1S/C28H34F2N4O/c1-6-26(33-15-13-32(14-16-33)19(2)3)27(35)34-28(5,23-10-8-7-9-20(23)4)18-25(31-34)22-17-21(29)11-12-24(22)30/h7-12,17,26H,2,6,13-16,18H2,1,3-5H3. The molecule has 0 aliphatic carbocycles. The van der Waals surface area contributed by atoms with E-state index in [0.29, 0.717) is 18.6 Å². The fourth-order valence-corrected chi connectivity index (χ4v) is 5.36. The molecule has 2 atom stereocenters. The number of benzene rings is 2. The number of piperazine rings is 1. The molecule has 2 aromatic rings. The molecule has 0 aromatic heterocycles. The molecule has 1 saturated heterocycles. The molecule has 0 spiro atoms. The molecular weight excluding hydrogens is 446 g/mol. The van der Waals surface area contributed by atoms with Crippen LogP contribution in [0.4, 0.5) is 8.78 Å². The summed E-state index contributed by atoms with van der Waals surface area (Å²) in [5, 5.41) is 6.22. The first-order chi connectivity index (χ1) is 16.7. The molecule has 2 heterocycles. The highest BCUT2D eigenvalue weighted by atomic mass is 19.1. The second kappa shape index (κ2) is 9.90. The van der Waals surface area contributed by atoms with Gasteiger partial charge in [0.15, 0.2) is 0 Å². The zero-order valence-corrected chi connectivity index (χ0v) is 21.0. The molecule has 2 aliphatic heterocycles. The molecular formula is C28H34F2N4O. The summed E-state index contributed by atoms with van der Waals surface area (Å²) in [4.78, 5) is 18.5. The van der Waals surface area contributed by atoms with E-state index < -0.39 is 17.2 Å². The van der Waals surface area contributed by atoms with Crippen molar-refractivity contribution in [3.8, 4) is 0 Å². The molecule has 2 aromatic carbocycles. The van der Waals surface area contributed by atoms with Gasteiger partial charge < -0.3 is 4.90 Å². The van der Waals surface area contributed by atoms with E-state index in [-0.39, 0.29) is 17.5 Å². The maximum Gasteiger partial charge on any atom is 0.260 e. The first-order valence-electron chi connectivity index (χ1n) is 12.2. The lowest BCUT2D eigenvalue weighted by Gasteiger charge is -2.42. The van der Waals surface area contributed by atoms with Crippen LogP contribution in [0.3, 0.4) is 0 Å². The van der Waals surface area contributed by atoms with Crippen LogP contribution in [0, 0.1) is 18.6 Å². The van der Waals surface area contributed by atoms with Crippen LogP contribution in [0.5, 0.6) is 0 Å². The minimum Gasteiger partial charge on any atom is -0.373 e. The molecule has 0 radical (unpaired) electrons. The zero-order valence-electron chi connectivity index (χ0n) is 21.0. The first kappa shape index (κ1) is 25.0. The van der Waals surface area contributed by atoms with Gasteiger partial charge in [-0.2, -0.15) is 5.10 Å². The normalized spacial score (nSPS) is 21.7. The van der Waals surface area contributed by atoms with E-state index in [1.54, 1.807) is 0 Å². The summed E-state index contributed by atoms with van der Waals surface area (Å²) in [7, 11) is 0. The minimum atomic E-state index is -0.816. The predicted molar refractivity (Wildman–Crippen MR) is 135 cm³/mol. The van der Waals surface area contributed by atoms with Gasteiger partial charge in [0.1, 0.15) is 11.6 Å². The van der Waals surface area contributed by atoms with E-state index in [9.17, 15) is 13.6 Å². The predicted octanol–water partition coefficient (Wildman–Crippen LogP) is 5.05. The van der Waals surface area contributed by atoms with Gasteiger partial charge in [0.05, 0.1) is 17.3 Å². The van der Waals surface area contributed by atoms with Crippen molar-refractivity contribution in [2.75, 3.05) is 26.2 Å². The lowest BCUT2D eigenvalue weighted by Crippen LogP contribution is -2.56. The fourth-order valence-electron chi connectivity index (χ4n) is 5.36. The number of halogens is 2. The Morgan fingerprint density at radius 3 is 2.46 bits per heavy atom. The lowest BCUT2D eigenvalue weighted by atomic mass is 9.83. The number of allylic oxidation sites excluding steroid dienone is 1. The van der Waals surface area contributed by atoms with Crippen molar-refractivity contribution in [1.29, 1.82) is 0 Å². The summed E-state index contributed by atoms with van der Waals surface area (Å²) in [6.07, 6.45) is 0.926. The van der Waals surface area contributed by atoms with Crippen molar-refractivity contribution < 1.29 is 13.6 Å². The van der Waals surface area contributed by atoms with Gasteiger partial charge in [0.2, 0.25) is 0 Å². The molecule has 186 valence electrons. The Balaban J connectivity index is 1.72. The van der Waals surface area contributed by atoms with Crippen molar-refractivity contribution in [1.82, 2.24) is 14.8 Å². The van der Waals surface area contributed by atoms with Crippen LogP contribution in [0.25, 0.3) is 0 Å². The Morgan fingerprint density at radius 2 is 1.83 bits per heavy atom. The second-order valence-corrected chi connectivity index (χ2v) is 9.77. The van der Waals surface area contributed by atoms with Crippen LogP contribution >= 0.6 is 0 Å². The summed E-state index contributed by atoms with van der Waals surface area (Å²) < 4.78 is 28.8. The monoisotopic (exact) mass is 480 g/mol. The van der Waals surface area contributed by atoms with Crippen molar-refractivity contribution in [3.05, 3.63) is 83.1 Å². The highest BCUT2D eigenvalue weighted by Crippen LogP contribution is 2.41. The van der Waals surface area contributed by atoms with Crippen molar-refractivity contribution >= 4 is 11.6 Å². The third-order valence-electron chi connectivity index (χ3n) is 7.34. The average Bonchev–Trinajstić information content (AvgIpc) is 3.19. The Labute approximate surface area is 206 Å². The largest absolute Gasteiger partial charge is 0.373 e. The molecule has 2 unspecified atom stereocenters. The van der Waals surface area contributed by atoms with Crippen LogP contribution < -0.4 is 0 Å². The van der Waals surface area contributed by atoms with Crippen LogP contribution in [-0.2, 0) is 10.3 Å². The van der Waals surface area contributed by atoms with E-state index >= 15 is 0 Å². The molecule has 4 rings (SSSR count). The van der Waals surface area contributed by atoms with Gasteiger partial charge >= 0.3 is 0 Å². The quantitative estimate of drug-likeness (QED) is 0.581. The highest BCUT2D eigenvalue weighted by molar-refractivity contribution is 6.04. The van der Waals surface area contributed by atoms with Crippen LogP contribution in [-0.4, -0.2) is 58.6 Å². The van der Waals surface area contributed by atoms with Crippen LogP contribution in [0.15, 0.2) is 59.8 Å². The summed E-state index contributed by atoms with van der Waals surface area (Å²) >= 11 is 0. The Hall–Kier alpha value is -3.06. The first-order valence-corrected chi connectivity index (χ1v) is 12.2. The number of aryl methyl sites for hydroxylation is 1. The SMILES string of the molecule is C=C(C)N1CCN(C(CC)C(=O)N2N=C(c3cc(F)ccc3F)CC2(C)c2ccccc2C)CC1. The molecule has 35 heavy (non-hydrogen) atoms. The third-order valence-corrected chi connectivity index (χ3v) is 7.34. The second-order valence-electron chi connectivity index (χ2n) is 9.77. The van der Waals surface area contributed by atoms with E-state index in [0.717, 1.165) is 61.2 Å². The molecule has 7 heteroatoms. The number of hydrazone groups is 1. The number of hydrogen-bond donors (Lipinski definition) is 0. The van der Waals surface area contributed by atoms with Gasteiger partial charge in [-0.15, -0.1) is 0 Å². The molecule has 0 saturated carbocycles. The van der Waals surface area contributed by atoms with Gasteiger partial charge in [0.25, 0.3) is 5.91 Å². The Kier molecular flexibility index (Phi) is 7.08. The number of hydrogen-bond acceptors (Lipinski definition) is 4. The third kappa shape index (κ3) is 4.74. The summed E-state index contributed by atoms with van der Waals surface area (Å²) in [6, 6.07) is 10.9. The van der Waals surface area contributed by atoms with Gasteiger partial charge in [-0.25, -0.2) is 13.8 Å². The van der Waals surface area contributed by atoms with Crippen molar-refractivity contribution in [3.63, 3.8) is 0 Å². The smallest absolute Gasteiger partial charge is 0.260 e. The maximum absolute atomic E-state index is 14.7. The molecule has 2 aliphatic rings. The van der Waals surface area contributed by atoms with Crippen molar-refractivity contribution in [2.24, 2.45) is 5.10 Å². The van der Waals surface area contributed by atoms with Crippen molar-refractivity contribution in [2.45, 2.75) is 52.1 Å². The molecule has 0 bridgehead atoms. The number of amides is 1. The lowest BCUT2D eigenvalue weighted by molar-refractivity contribution is -0.143. The summed E-state index contributed by atoms with van der Waals surface area (Å²) in [6.45, 7) is 15.1. The number of carbonyl (C=O) groups is 1. The fraction of sp³-hybridized carbons (Fsp3) is 0.429. The number of carbonyl (C=O) groups excluding carboxylic acids is 1. The molecule has 5 nitrogen and oxygen atoms in total. The average molecular weight is 481 g/mol. The zero-order chi connectivity index (χ0) is 25.3. The number of nitrogens with zero attached hydrogens (tertiary/aromatic N) is 4. The maximum atomic E-state index is 14.7. The minimum absolute atomic E-state index is 0.100. The summed E-state index contributed by atoms with van der Waals surface area (Å²) in [5.74, 6) is -1.20. The highest BCUT2D eigenvalue weighted by Gasteiger charge is 2.47. The van der Waals surface area contributed by atoms with Crippen LogP contribution in [0.2, 0.25) is 0 Å². The molecule has 0 N–H and O–H groups in total. The summed E-state index contributed by atoms with van der Waals surface area (Å²) in [5.41, 5.74) is 2.66. The van der Waals surface area contributed by atoms with Gasteiger partial charge in [-0.3, -0.25) is 9.69 Å². The Bertz CT molecular complexity index is 1160. The van der Waals surface area contributed by atoms with Gasteiger partial charge in [-0.1, -0.05) is 37.8 Å². The topological polar surface area (TPSA) is 39.1 Å². The molecule has 1 fully saturated rings. The molecule has 1 amide bonds. The number of rotatable bonds is 6. The van der Waals surface area contributed by atoms with Gasteiger partial charge in [0, 0.05) is 43.9 Å². The van der Waals surface area contributed by atoms with E-state index in [4.69, 9.17) is 0 Å². The van der Waals surface area contributed by atoms with E-state index in [2.05, 4.69) is 21.5 Å². The van der Waals surface area contributed by atoms with E-state index in [1.807, 2.05) is 52.0 Å². The van der Waals surface area contributed by atoms with E-state index in [1.165, 1.54) is 5.01 Å². The Morgan fingerprint density at radius 1 is 1.14 bits per heavy atom. The van der Waals surface area contributed by atoms with Crippen LogP contribution in [0.1, 0.15) is 50.3 Å². The van der Waals surface area contributed by atoms with Gasteiger partial charge in [-0.05, 0) is 56.5 Å².